The highest BCUT2D eigenvalue weighted by Gasteiger charge is 2.26. The zero-order chi connectivity index (χ0) is 19.3. The Morgan fingerprint density at radius 2 is 1.85 bits per heavy atom. The summed E-state index contributed by atoms with van der Waals surface area (Å²) in [6.45, 7) is 4.35. The van der Waals surface area contributed by atoms with Crippen molar-refractivity contribution in [2.45, 2.75) is 50.8 Å². The molecule has 146 valence electrons. The van der Waals surface area contributed by atoms with Crippen molar-refractivity contribution in [2.75, 3.05) is 11.9 Å². The van der Waals surface area contributed by atoms with Gasteiger partial charge in [-0.2, -0.15) is 0 Å². The number of aromatic nitrogens is 1. The van der Waals surface area contributed by atoms with Crippen molar-refractivity contribution in [2.24, 2.45) is 5.92 Å². The third-order valence-electron chi connectivity index (χ3n) is 5.22. The highest BCUT2D eigenvalue weighted by molar-refractivity contribution is 7.90. The molecule has 0 aliphatic heterocycles. The molecule has 0 bridgehead atoms. The molecule has 0 saturated heterocycles. The minimum atomic E-state index is -3.17. The van der Waals surface area contributed by atoms with Gasteiger partial charge in [0.1, 0.15) is 0 Å². The summed E-state index contributed by atoms with van der Waals surface area (Å²) in [6.07, 6.45) is 5.70. The van der Waals surface area contributed by atoms with Crippen LogP contribution in [0.2, 0.25) is 0 Å². The third-order valence-corrected chi connectivity index (χ3v) is 7.12. The summed E-state index contributed by atoms with van der Waals surface area (Å²) >= 11 is 0. The van der Waals surface area contributed by atoms with E-state index >= 15 is 0 Å². The van der Waals surface area contributed by atoms with E-state index < -0.39 is 10.0 Å². The standard InChI is InChI=1S/C21H29N3O2S/c1-16(2)27(25,26)24-19-11-9-17(10-12-19)15-23-20-7-5-6-18(14-20)21-8-3-4-13-22-21/h3-8,13-14,16-17,19,23-24H,9-12,15H2,1-2H3/t17-,19-. The van der Waals surface area contributed by atoms with Crippen LogP contribution in [0.15, 0.2) is 48.7 Å². The van der Waals surface area contributed by atoms with Crippen molar-refractivity contribution in [3.8, 4) is 11.3 Å². The van der Waals surface area contributed by atoms with Crippen LogP contribution >= 0.6 is 0 Å². The summed E-state index contributed by atoms with van der Waals surface area (Å²) in [5.41, 5.74) is 3.17. The van der Waals surface area contributed by atoms with Crippen LogP contribution in [-0.2, 0) is 10.0 Å². The maximum atomic E-state index is 12.0. The van der Waals surface area contributed by atoms with Crippen LogP contribution < -0.4 is 10.0 Å². The number of rotatable bonds is 7. The Hall–Kier alpha value is -1.92. The van der Waals surface area contributed by atoms with E-state index in [1.807, 2.05) is 24.3 Å². The molecule has 1 aliphatic carbocycles. The summed E-state index contributed by atoms with van der Waals surface area (Å²) in [4.78, 5) is 4.41. The van der Waals surface area contributed by atoms with Crippen molar-refractivity contribution in [1.82, 2.24) is 9.71 Å². The van der Waals surface area contributed by atoms with Gasteiger partial charge in [-0.25, -0.2) is 13.1 Å². The molecule has 1 aliphatic rings. The van der Waals surface area contributed by atoms with Gasteiger partial charge >= 0.3 is 0 Å². The molecule has 5 nitrogen and oxygen atoms in total. The van der Waals surface area contributed by atoms with E-state index in [0.29, 0.717) is 5.92 Å². The van der Waals surface area contributed by atoms with Gasteiger partial charge in [0.05, 0.1) is 10.9 Å². The van der Waals surface area contributed by atoms with Gasteiger partial charge in [-0.05, 0) is 69.7 Å². The summed E-state index contributed by atoms with van der Waals surface area (Å²) in [5, 5.41) is 3.17. The van der Waals surface area contributed by atoms with Crippen molar-refractivity contribution in [1.29, 1.82) is 0 Å². The molecule has 0 radical (unpaired) electrons. The number of pyridine rings is 1. The molecule has 0 amide bonds. The molecule has 3 rings (SSSR count). The van der Waals surface area contributed by atoms with Gasteiger partial charge in [-0.15, -0.1) is 0 Å². The normalized spacial score (nSPS) is 20.6. The van der Waals surface area contributed by atoms with E-state index in [1.165, 1.54) is 0 Å². The second-order valence-electron chi connectivity index (χ2n) is 7.61. The lowest BCUT2D eigenvalue weighted by Gasteiger charge is -2.29. The van der Waals surface area contributed by atoms with Gasteiger partial charge in [0, 0.05) is 30.0 Å². The van der Waals surface area contributed by atoms with Crippen molar-refractivity contribution < 1.29 is 8.42 Å². The van der Waals surface area contributed by atoms with E-state index in [0.717, 1.165) is 49.2 Å². The van der Waals surface area contributed by atoms with Crippen molar-refractivity contribution in [3.63, 3.8) is 0 Å². The molecule has 1 aromatic heterocycles. The van der Waals surface area contributed by atoms with Crippen LogP contribution in [0.3, 0.4) is 0 Å². The fourth-order valence-electron chi connectivity index (χ4n) is 3.44. The van der Waals surface area contributed by atoms with Crippen molar-refractivity contribution >= 4 is 15.7 Å². The highest BCUT2D eigenvalue weighted by atomic mass is 32.2. The molecule has 6 heteroatoms. The number of nitrogens with zero attached hydrogens (tertiary/aromatic N) is 1. The third kappa shape index (κ3) is 5.53. The van der Waals surface area contributed by atoms with Gasteiger partial charge < -0.3 is 5.32 Å². The van der Waals surface area contributed by atoms with E-state index in [1.54, 1.807) is 20.0 Å². The van der Waals surface area contributed by atoms with E-state index in [2.05, 4.69) is 33.2 Å². The predicted molar refractivity (Wildman–Crippen MR) is 111 cm³/mol. The Kier molecular flexibility index (Phi) is 6.50. The molecule has 2 aromatic rings. The van der Waals surface area contributed by atoms with Crippen LogP contribution in [0.4, 0.5) is 5.69 Å². The van der Waals surface area contributed by atoms with Gasteiger partial charge in [-0.3, -0.25) is 4.98 Å². The first-order valence-corrected chi connectivity index (χ1v) is 11.2. The summed E-state index contributed by atoms with van der Waals surface area (Å²) in [6, 6.07) is 14.3. The maximum Gasteiger partial charge on any atom is 0.214 e. The number of sulfonamides is 1. The number of anilines is 1. The number of hydrogen-bond donors (Lipinski definition) is 2. The van der Waals surface area contributed by atoms with Gasteiger partial charge in [-0.1, -0.05) is 18.2 Å². The quantitative estimate of drug-likeness (QED) is 0.752. The fourth-order valence-corrected chi connectivity index (χ4v) is 4.41. The van der Waals surface area contributed by atoms with E-state index in [-0.39, 0.29) is 11.3 Å². The second kappa shape index (κ2) is 8.85. The molecule has 2 N–H and O–H groups in total. The fraction of sp³-hybridized carbons (Fsp3) is 0.476. The van der Waals surface area contributed by atoms with Gasteiger partial charge in [0.25, 0.3) is 0 Å². The Labute approximate surface area is 162 Å². The summed E-state index contributed by atoms with van der Waals surface area (Å²) < 4.78 is 26.9. The average Bonchev–Trinajstić information content (AvgIpc) is 2.68. The number of benzene rings is 1. The first-order chi connectivity index (χ1) is 12.9. The summed E-state index contributed by atoms with van der Waals surface area (Å²) in [5.74, 6) is 0.573. The Morgan fingerprint density at radius 3 is 2.52 bits per heavy atom. The van der Waals surface area contributed by atoms with Crippen LogP contribution in [0.25, 0.3) is 11.3 Å². The Bertz CT molecular complexity index is 830. The van der Waals surface area contributed by atoms with Crippen LogP contribution in [0.1, 0.15) is 39.5 Å². The van der Waals surface area contributed by atoms with Gasteiger partial charge in [0.2, 0.25) is 10.0 Å². The van der Waals surface area contributed by atoms with Gasteiger partial charge in [0.15, 0.2) is 0 Å². The van der Waals surface area contributed by atoms with Crippen molar-refractivity contribution in [3.05, 3.63) is 48.7 Å². The molecule has 0 spiro atoms. The molecule has 1 aromatic carbocycles. The first kappa shape index (κ1) is 19.8. The predicted octanol–water partition coefficient (Wildman–Crippen LogP) is 4.05. The average molecular weight is 388 g/mol. The number of hydrogen-bond acceptors (Lipinski definition) is 4. The number of nitrogens with one attached hydrogen (secondary N) is 2. The topological polar surface area (TPSA) is 71.1 Å². The van der Waals surface area contributed by atoms with Crippen LogP contribution in [0.5, 0.6) is 0 Å². The molecular formula is C21H29N3O2S. The molecular weight excluding hydrogens is 358 g/mol. The molecule has 1 saturated carbocycles. The zero-order valence-corrected chi connectivity index (χ0v) is 16.9. The molecule has 0 unspecified atom stereocenters. The highest BCUT2D eigenvalue weighted by Crippen LogP contribution is 2.26. The summed E-state index contributed by atoms with van der Waals surface area (Å²) in [7, 11) is -3.17. The lowest BCUT2D eigenvalue weighted by atomic mass is 9.86. The smallest absolute Gasteiger partial charge is 0.214 e. The largest absolute Gasteiger partial charge is 0.385 e. The lowest BCUT2D eigenvalue weighted by Crippen LogP contribution is -2.41. The molecule has 1 fully saturated rings. The molecule has 1 heterocycles. The first-order valence-electron chi connectivity index (χ1n) is 9.70. The monoisotopic (exact) mass is 387 g/mol. The Morgan fingerprint density at radius 1 is 1.07 bits per heavy atom. The zero-order valence-electron chi connectivity index (χ0n) is 16.1. The van der Waals surface area contributed by atoms with E-state index in [4.69, 9.17) is 0 Å². The van der Waals surface area contributed by atoms with Crippen LogP contribution in [-0.4, -0.2) is 31.2 Å². The molecule has 0 atom stereocenters. The van der Waals surface area contributed by atoms with Crippen LogP contribution in [0, 0.1) is 5.92 Å². The van der Waals surface area contributed by atoms with E-state index in [9.17, 15) is 8.42 Å². The minimum Gasteiger partial charge on any atom is -0.385 e. The Balaban J connectivity index is 1.49. The maximum absolute atomic E-state index is 12.0. The SMILES string of the molecule is CC(C)S(=O)(=O)N[C@H]1CC[C@H](CNc2cccc(-c3ccccn3)c2)CC1. The molecule has 27 heavy (non-hydrogen) atoms. The second-order valence-corrected chi connectivity index (χ2v) is 9.87. The minimum absolute atomic E-state index is 0.0844. The lowest BCUT2D eigenvalue weighted by molar-refractivity contribution is 0.323.